The number of phenolic OH excluding ortho intramolecular Hbond substituents is 1. The molecule has 14 heavy (non-hydrogen) atoms. The van der Waals surface area contributed by atoms with Crippen molar-refractivity contribution < 1.29 is 5.11 Å². The minimum atomic E-state index is 0.266. The highest BCUT2D eigenvalue weighted by Crippen LogP contribution is 2.29. The molecule has 1 aromatic heterocycles. The Hall–Kier alpha value is -1.77. The number of hydrogen-bond acceptors (Lipinski definition) is 2. The molecule has 72 valence electrons. The average Bonchev–Trinajstić information content (AvgIpc) is 2.49. The van der Waals surface area contributed by atoms with Crippen LogP contribution in [0.2, 0.25) is 0 Å². The van der Waals surface area contributed by atoms with Gasteiger partial charge in [0.25, 0.3) is 0 Å². The Morgan fingerprint density at radius 2 is 1.93 bits per heavy atom. The SMILES string of the molecule is Cc1[nH]nc(-c2ccccc2O)c1C. The molecule has 2 aromatic rings. The first-order valence-corrected chi connectivity index (χ1v) is 4.50. The monoisotopic (exact) mass is 188 g/mol. The lowest BCUT2D eigenvalue weighted by Gasteiger charge is -2.01. The normalized spacial score (nSPS) is 10.4. The van der Waals surface area contributed by atoms with Crippen molar-refractivity contribution in [2.75, 3.05) is 0 Å². The molecule has 0 unspecified atom stereocenters. The summed E-state index contributed by atoms with van der Waals surface area (Å²) >= 11 is 0. The number of para-hydroxylation sites is 1. The van der Waals surface area contributed by atoms with Crippen LogP contribution in [0.1, 0.15) is 11.3 Å². The van der Waals surface area contributed by atoms with Crippen LogP contribution in [0.25, 0.3) is 11.3 Å². The second kappa shape index (κ2) is 3.18. The lowest BCUT2D eigenvalue weighted by molar-refractivity contribution is 0.477. The number of rotatable bonds is 1. The van der Waals surface area contributed by atoms with Gasteiger partial charge in [0, 0.05) is 11.3 Å². The Bertz CT molecular complexity index is 460. The maximum atomic E-state index is 9.64. The van der Waals surface area contributed by atoms with Gasteiger partial charge in [0.05, 0.1) is 5.69 Å². The van der Waals surface area contributed by atoms with E-state index in [1.807, 2.05) is 26.0 Å². The van der Waals surface area contributed by atoms with E-state index in [2.05, 4.69) is 10.2 Å². The maximum Gasteiger partial charge on any atom is 0.125 e. The molecule has 2 rings (SSSR count). The minimum Gasteiger partial charge on any atom is -0.507 e. The van der Waals surface area contributed by atoms with Crippen LogP contribution in [0.15, 0.2) is 24.3 Å². The van der Waals surface area contributed by atoms with Crippen molar-refractivity contribution in [1.82, 2.24) is 10.2 Å². The van der Waals surface area contributed by atoms with E-state index in [-0.39, 0.29) is 5.75 Å². The van der Waals surface area contributed by atoms with Crippen LogP contribution in [-0.4, -0.2) is 15.3 Å². The first-order valence-electron chi connectivity index (χ1n) is 4.50. The Balaban J connectivity index is 2.60. The van der Waals surface area contributed by atoms with Gasteiger partial charge in [0.15, 0.2) is 0 Å². The Morgan fingerprint density at radius 3 is 2.50 bits per heavy atom. The fourth-order valence-corrected chi connectivity index (χ4v) is 1.42. The highest BCUT2D eigenvalue weighted by atomic mass is 16.3. The summed E-state index contributed by atoms with van der Waals surface area (Å²) in [5.74, 6) is 0.266. The summed E-state index contributed by atoms with van der Waals surface area (Å²) in [5, 5.41) is 16.7. The van der Waals surface area contributed by atoms with Gasteiger partial charge in [-0.2, -0.15) is 5.10 Å². The molecule has 0 aliphatic carbocycles. The van der Waals surface area contributed by atoms with E-state index in [4.69, 9.17) is 0 Å². The quantitative estimate of drug-likeness (QED) is 0.722. The topological polar surface area (TPSA) is 48.9 Å². The van der Waals surface area contributed by atoms with E-state index >= 15 is 0 Å². The van der Waals surface area contributed by atoms with E-state index < -0.39 is 0 Å². The molecule has 0 aliphatic rings. The fraction of sp³-hybridized carbons (Fsp3) is 0.182. The zero-order valence-corrected chi connectivity index (χ0v) is 8.20. The molecule has 2 N–H and O–H groups in total. The minimum absolute atomic E-state index is 0.266. The summed E-state index contributed by atoms with van der Waals surface area (Å²) in [5.41, 5.74) is 3.70. The van der Waals surface area contributed by atoms with E-state index in [9.17, 15) is 5.11 Å². The molecule has 0 fully saturated rings. The third-order valence-electron chi connectivity index (χ3n) is 2.41. The summed E-state index contributed by atoms with van der Waals surface area (Å²) in [6, 6.07) is 7.21. The summed E-state index contributed by atoms with van der Waals surface area (Å²) in [6.07, 6.45) is 0. The van der Waals surface area contributed by atoms with Gasteiger partial charge in [-0.05, 0) is 31.5 Å². The molecule has 3 nitrogen and oxygen atoms in total. The van der Waals surface area contributed by atoms with Crippen LogP contribution in [-0.2, 0) is 0 Å². The molecule has 0 saturated heterocycles. The van der Waals surface area contributed by atoms with Crippen LogP contribution in [0.3, 0.4) is 0 Å². The average molecular weight is 188 g/mol. The van der Waals surface area contributed by atoms with Gasteiger partial charge in [-0.1, -0.05) is 12.1 Å². The number of benzene rings is 1. The van der Waals surface area contributed by atoms with E-state index in [1.54, 1.807) is 12.1 Å². The second-order valence-corrected chi connectivity index (χ2v) is 3.34. The number of nitrogens with zero attached hydrogens (tertiary/aromatic N) is 1. The van der Waals surface area contributed by atoms with Crippen LogP contribution in [0.5, 0.6) is 5.75 Å². The number of H-pyrrole nitrogens is 1. The summed E-state index contributed by atoms with van der Waals surface area (Å²) in [4.78, 5) is 0. The van der Waals surface area contributed by atoms with Gasteiger partial charge >= 0.3 is 0 Å². The van der Waals surface area contributed by atoms with Crippen molar-refractivity contribution in [1.29, 1.82) is 0 Å². The Labute approximate surface area is 82.4 Å². The summed E-state index contributed by atoms with van der Waals surface area (Å²) in [7, 11) is 0. The van der Waals surface area contributed by atoms with Crippen molar-refractivity contribution in [2.45, 2.75) is 13.8 Å². The molecule has 1 aromatic carbocycles. The predicted molar refractivity (Wildman–Crippen MR) is 55.2 cm³/mol. The molecule has 3 heteroatoms. The standard InChI is InChI=1S/C11H12N2O/c1-7-8(2)12-13-11(7)9-5-3-4-6-10(9)14/h3-6,14H,1-2H3,(H,12,13). The highest BCUT2D eigenvalue weighted by molar-refractivity contribution is 5.69. The fourth-order valence-electron chi connectivity index (χ4n) is 1.42. The molecule has 0 aliphatic heterocycles. The molecule has 0 amide bonds. The van der Waals surface area contributed by atoms with E-state index in [1.165, 1.54) is 0 Å². The number of aromatic amines is 1. The van der Waals surface area contributed by atoms with Gasteiger partial charge < -0.3 is 5.11 Å². The zero-order chi connectivity index (χ0) is 10.1. The Kier molecular flexibility index (Phi) is 2.00. The molecule has 1 heterocycles. The third kappa shape index (κ3) is 1.27. The second-order valence-electron chi connectivity index (χ2n) is 3.34. The van der Waals surface area contributed by atoms with E-state index in [0.29, 0.717) is 0 Å². The lowest BCUT2D eigenvalue weighted by Crippen LogP contribution is -1.81. The number of phenols is 1. The number of aromatic hydroxyl groups is 1. The van der Waals surface area contributed by atoms with Crippen LogP contribution in [0, 0.1) is 13.8 Å². The Morgan fingerprint density at radius 1 is 1.21 bits per heavy atom. The molecular weight excluding hydrogens is 176 g/mol. The maximum absolute atomic E-state index is 9.64. The van der Waals surface area contributed by atoms with Crippen LogP contribution < -0.4 is 0 Å². The smallest absolute Gasteiger partial charge is 0.125 e. The molecule has 0 spiro atoms. The predicted octanol–water partition coefficient (Wildman–Crippen LogP) is 2.40. The van der Waals surface area contributed by atoms with Crippen molar-refractivity contribution in [3.63, 3.8) is 0 Å². The first kappa shape index (κ1) is 8.81. The number of hydrogen-bond donors (Lipinski definition) is 2. The van der Waals surface area contributed by atoms with Crippen molar-refractivity contribution in [3.8, 4) is 17.0 Å². The highest BCUT2D eigenvalue weighted by Gasteiger charge is 2.10. The van der Waals surface area contributed by atoms with E-state index in [0.717, 1.165) is 22.5 Å². The number of aromatic nitrogens is 2. The number of aryl methyl sites for hydroxylation is 1. The van der Waals surface area contributed by atoms with Crippen molar-refractivity contribution >= 4 is 0 Å². The van der Waals surface area contributed by atoms with Crippen molar-refractivity contribution in [3.05, 3.63) is 35.5 Å². The number of nitrogens with one attached hydrogen (secondary N) is 1. The molecule has 0 saturated carbocycles. The molecule has 0 radical (unpaired) electrons. The van der Waals surface area contributed by atoms with Crippen LogP contribution in [0.4, 0.5) is 0 Å². The van der Waals surface area contributed by atoms with Crippen molar-refractivity contribution in [2.24, 2.45) is 0 Å². The first-order chi connectivity index (χ1) is 6.70. The van der Waals surface area contributed by atoms with Gasteiger partial charge in [0.1, 0.15) is 5.75 Å². The van der Waals surface area contributed by atoms with Gasteiger partial charge in [-0.3, -0.25) is 5.10 Å². The van der Waals surface area contributed by atoms with Gasteiger partial charge in [-0.15, -0.1) is 0 Å². The zero-order valence-electron chi connectivity index (χ0n) is 8.20. The van der Waals surface area contributed by atoms with Crippen LogP contribution >= 0.6 is 0 Å². The van der Waals surface area contributed by atoms with Gasteiger partial charge in [0.2, 0.25) is 0 Å². The summed E-state index contributed by atoms with van der Waals surface area (Å²) < 4.78 is 0. The van der Waals surface area contributed by atoms with Gasteiger partial charge in [-0.25, -0.2) is 0 Å². The molecule has 0 bridgehead atoms. The molecular formula is C11H12N2O. The summed E-state index contributed by atoms with van der Waals surface area (Å²) in [6.45, 7) is 3.95. The largest absolute Gasteiger partial charge is 0.507 e. The lowest BCUT2D eigenvalue weighted by atomic mass is 10.1. The third-order valence-corrected chi connectivity index (χ3v) is 2.41. The molecule has 0 atom stereocenters.